The molecule has 6 heteroatoms. The molecule has 0 bridgehead atoms. The van der Waals surface area contributed by atoms with Gasteiger partial charge in [0.05, 0.1) is 19.7 Å². The summed E-state index contributed by atoms with van der Waals surface area (Å²) < 4.78 is 5.78. The van der Waals surface area contributed by atoms with Gasteiger partial charge in [-0.2, -0.15) is 0 Å². The van der Waals surface area contributed by atoms with Gasteiger partial charge < -0.3 is 15.0 Å². The number of hydrogen-bond donors (Lipinski definition) is 1. The highest BCUT2D eigenvalue weighted by molar-refractivity contribution is 6.31. The molecular formula is C16H22Cl2N2O2. The summed E-state index contributed by atoms with van der Waals surface area (Å²) in [6.45, 7) is 3.18. The molecule has 0 spiro atoms. The Labute approximate surface area is 142 Å². The van der Waals surface area contributed by atoms with Gasteiger partial charge >= 0.3 is 0 Å². The summed E-state index contributed by atoms with van der Waals surface area (Å²) in [6.07, 6.45) is 2.47. The van der Waals surface area contributed by atoms with Crippen LogP contribution >= 0.6 is 24.0 Å². The Balaban J connectivity index is 0.00000176. The van der Waals surface area contributed by atoms with Gasteiger partial charge in [0, 0.05) is 17.1 Å². The van der Waals surface area contributed by atoms with E-state index in [1.165, 1.54) is 12.8 Å². The smallest absolute Gasteiger partial charge is 0.236 e. The molecule has 1 amide bonds. The number of rotatable bonds is 5. The largest absolute Gasteiger partial charge is 0.370 e. The molecule has 1 aliphatic carbocycles. The normalized spacial score (nSPS) is 21.3. The van der Waals surface area contributed by atoms with Gasteiger partial charge in [0.25, 0.3) is 0 Å². The molecule has 1 aromatic carbocycles. The van der Waals surface area contributed by atoms with Crippen LogP contribution in [0.3, 0.4) is 0 Å². The number of hydrogen-bond acceptors (Lipinski definition) is 3. The summed E-state index contributed by atoms with van der Waals surface area (Å²) >= 11 is 6.21. The van der Waals surface area contributed by atoms with E-state index in [9.17, 15) is 4.79 Å². The van der Waals surface area contributed by atoms with E-state index in [0.717, 1.165) is 18.0 Å². The minimum atomic E-state index is -0.125. The van der Waals surface area contributed by atoms with Crippen molar-refractivity contribution in [1.29, 1.82) is 0 Å². The number of nitrogens with one attached hydrogen (secondary N) is 1. The Bertz CT molecular complexity index is 509. The fourth-order valence-electron chi connectivity index (χ4n) is 2.62. The van der Waals surface area contributed by atoms with E-state index in [4.69, 9.17) is 16.3 Å². The van der Waals surface area contributed by atoms with Gasteiger partial charge in [-0.15, -0.1) is 12.4 Å². The van der Waals surface area contributed by atoms with Crippen LogP contribution in [0, 0.1) is 5.92 Å². The van der Waals surface area contributed by atoms with Crippen LogP contribution < -0.4 is 5.32 Å². The van der Waals surface area contributed by atoms with Crippen molar-refractivity contribution in [2.24, 2.45) is 5.92 Å². The molecule has 1 saturated carbocycles. The number of carbonyl (C=O) groups excluding carboxylic acids is 1. The third kappa shape index (κ3) is 4.59. The Kier molecular flexibility index (Phi) is 6.50. The number of halogens is 2. The van der Waals surface area contributed by atoms with Crippen LogP contribution in [0.1, 0.15) is 24.5 Å². The summed E-state index contributed by atoms with van der Waals surface area (Å²) in [5.74, 6) is 0.939. The number of amides is 1. The van der Waals surface area contributed by atoms with Crippen LogP contribution in [-0.2, 0) is 9.53 Å². The maximum Gasteiger partial charge on any atom is 0.236 e. The van der Waals surface area contributed by atoms with E-state index in [-0.39, 0.29) is 24.4 Å². The monoisotopic (exact) mass is 344 g/mol. The Morgan fingerprint density at radius 2 is 2.14 bits per heavy atom. The van der Waals surface area contributed by atoms with Crippen molar-refractivity contribution in [1.82, 2.24) is 10.2 Å². The summed E-state index contributed by atoms with van der Waals surface area (Å²) in [5.41, 5.74) is 0.961. The molecule has 1 atom stereocenters. The van der Waals surface area contributed by atoms with Gasteiger partial charge in [0.1, 0.15) is 6.10 Å². The van der Waals surface area contributed by atoms with Crippen molar-refractivity contribution in [3.05, 3.63) is 34.9 Å². The summed E-state index contributed by atoms with van der Waals surface area (Å²) in [4.78, 5) is 14.1. The van der Waals surface area contributed by atoms with Crippen LogP contribution in [-0.4, -0.2) is 43.6 Å². The second kappa shape index (κ2) is 8.16. The third-order valence-electron chi connectivity index (χ3n) is 4.08. The zero-order valence-electron chi connectivity index (χ0n) is 12.5. The summed E-state index contributed by atoms with van der Waals surface area (Å²) in [6, 6.07) is 7.67. The molecule has 4 nitrogen and oxygen atoms in total. The fourth-order valence-corrected chi connectivity index (χ4v) is 2.87. The average Bonchev–Trinajstić information content (AvgIpc) is 3.32. The zero-order valence-corrected chi connectivity index (χ0v) is 14.0. The van der Waals surface area contributed by atoms with E-state index < -0.39 is 0 Å². The van der Waals surface area contributed by atoms with E-state index in [0.29, 0.717) is 31.3 Å². The Morgan fingerprint density at radius 1 is 1.36 bits per heavy atom. The molecule has 1 saturated heterocycles. The lowest BCUT2D eigenvalue weighted by Gasteiger charge is -2.33. The van der Waals surface area contributed by atoms with E-state index in [2.05, 4.69) is 5.32 Å². The first kappa shape index (κ1) is 17.5. The van der Waals surface area contributed by atoms with Gasteiger partial charge in [-0.05, 0) is 31.4 Å². The quantitative estimate of drug-likeness (QED) is 0.892. The minimum absolute atomic E-state index is 0. The van der Waals surface area contributed by atoms with Crippen LogP contribution in [0.25, 0.3) is 0 Å². The van der Waals surface area contributed by atoms with E-state index in [1.807, 2.05) is 29.2 Å². The number of morpholine rings is 1. The van der Waals surface area contributed by atoms with E-state index >= 15 is 0 Å². The molecule has 1 N–H and O–H groups in total. The van der Waals surface area contributed by atoms with Crippen molar-refractivity contribution in [3.63, 3.8) is 0 Å². The first-order valence-electron chi connectivity index (χ1n) is 7.58. The SMILES string of the molecule is Cl.O=C(CNCC1CC1)N1CCOC(c2ccccc2Cl)C1. The maximum absolute atomic E-state index is 12.2. The van der Waals surface area contributed by atoms with Gasteiger partial charge in [-0.1, -0.05) is 29.8 Å². The minimum Gasteiger partial charge on any atom is -0.370 e. The van der Waals surface area contributed by atoms with Crippen molar-refractivity contribution in [2.75, 3.05) is 32.8 Å². The molecule has 3 rings (SSSR count). The second-order valence-electron chi connectivity index (χ2n) is 5.79. The molecule has 122 valence electrons. The molecule has 1 aliphatic heterocycles. The lowest BCUT2D eigenvalue weighted by atomic mass is 10.1. The molecule has 2 fully saturated rings. The first-order chi connectivity index (χ1) is 10.2. The molecule has 22 heavy (non-hydrogen) atoms. The lowest BCUT2D eigenvalue weighted by Crippen LogP contribution is -2.46. The van der Waals surface area contributed by atoms with Gasteiger partial charge in [0.2, 0.25) is 5.91 Å². The number of nitrogens with zero attached hydrogens (tertiary/aromatic N) is 1. The van der Waals surface area contributed by atoms with Gasteiger partial charge in [0.15, 0.2) is 0 Å². The summed E-state index contributed by atoms with van der Waals surface area (Å²) in [7, 11) is 0. The van der Waals surface area contributed by atoms with Crippen LogP contribution in [0.5, 0.6) is 0 Å². The van der Waals surface area contributed by atoms with Crippen molar-refractivity contribution < 1.29 is 9.53 Å². The predicted molar refractivity (Wildman–Crippen MR) is 89.6 cm³/mol. The topological polar surface area (TPSA) is 41.6 Å². The fraction of sp³-hybridized carbons (Fsp3) is 0.562. The van der Waals surface area contributed by atoms with Crippen LogP contribution in [0.15, 0.2) is 24.3 Å². The van der Waals surface area contributed by atoms with Crippen molar-refractivity contribution in [3.8, 4) is 0 Å². The number of carbonyl (C=O) groups is 1. The molecule has 1 aromatic rings. The molecular weight excluding hydrogens is 323 g/mol. The maximum atomic E-state index is 12.2. The van der Waals surface area contributed by atoms with E-state index in [1.54, 1.807) is 0 Å². The number of ether oxygens (including phenoxy) is 1. The Morgan fingerprint density at radius 3 is 2.86 bits per heavy atom. The lowest BCUT2D eigenvalue weighted by molar-refractivity contribution is -0.138. The van der Waals surface area contributed by atoms with Crippen molar-refractivity contribution >= 4 is 29.9 Å². The molecule has 1 heterocycles. The third-order valence-corrected chi connectivity index (χ3v) is 4.42. The molecule has 2 aliphatic rings. The zero-order chi connectivity index (χ0) is 14.7. The number of benzene rings is 1. The van der Waals surface area contributed by atoms with Crippen LogP contribution in [0.2, 0.25) is 5.02 Å². The van der Waals surface area contributed by atoms with Gasteiger partial charge in [-0.3, -0.25) is 4.79 Å². The van der Waals surface area contributed by atoms with Crippen LogP contribution in [0.4, 0.5) is 0 Å². The highest BCUT2D eigenvalue weighted by Gasteiger charge is 2.27. The molecule has 0 radical (unpaired) electrons. The standard InChI is InChI=1S/C16H21ClN2O2.ClH/c17-14-4-2-1-3-13(14)15-11-19(7-8-21-15)16(20)10-18-9-12-5-6-12;/h1-4,12,15,18H,5-11H2;1H. The second-order valence-corrected chi connectivity index (χ2v) is 6.20. The highest BCUT2D eigenvalue weighted by atomic mass is 35.5. The summed E-state index contributed by atoms with van der Waals surface area (Å²) in [5, 5.41) is 3.95. The first-order valence-corrected chi connectivity index (χ1v) is 7.96. The highest BCUT2D eigenvalue weighted by Crippen LogP contribution is 2.29. The van der Waals surface area contributed by atoms with Crippen molar-refractivity contribution in [2.45, 2.75) is 18.9 Å². The predicted octanol–water partition coefficient (Wildman–Crippen LogP) is 2.66. The molecule has 0 aromatic heterocycles. The molecule has 1 unspecified atom stereocenters. The average molecular weight is 345 g/mol. The Hall–Kier alpha value is -0.810. The van der Waals surface area contributed by atoms with Gasteiger partial charge in [-0.25, -0.2) is 0 Å².